The molecule has 0 amide bonds. The summed E-state index contributed by atoms with van der Waals surface area (Å²) in [5.74, 6) is -2.52. The van der Waals surface area contributed by atoms with Gasteiger partial charge < -0.3 is 45.6 Å². The van der Waals surface area contributed by atoms with Crippen LogP contribution in [-0.4, -0.2) is 80.7 Å². The smallest absolute Gasteiger partial charge is 0.202 e. The minimum Gasteiger partial charge on any atom is -0.507 e. The summed E-state index contributed by atoms with van der Waals surface area (Å²) in [6.07, 6.45) is -3.48. The Morgan fingerprint density at radius 2 is 1.87 bits per heavy atom. The van der Waals surface area contributed by atoms with Crippen LogP contribution >= 0.6 is 0 Å². The number of carbonyl (C=O) groups excluding carboxylic acids is 2. The van der Waals surface area contributed by atoms with Crippen LogP contribution in [0.5, 0.6) is 17.2 Å². The number of hydrogen-bond donors (Lipinski definition) is 6. The molecule has 0 radical (unpaired) electrons. The fourth-order valence-corrected chi connectivity index (χ4v) is 5.62. The highest BCUT2D eigenvalue weighted by molar-refractivity contribution is 6.31. The molecule has 5 rings (SSSR count). The summed E-state index contributed by atoms with van der Waals surface area (Å²) in [5.41, 5.74) is 3.20. The number of phenols is 2. The summed E-state index contributed by atoms with van der Waals surface area (Å²) < 4.78 is 17.1. The number of ether oxygens (including phenoxy) is 3. The number of carbonyl (C=O) groups is 2. The van der Waals surface area contributed by atoms with Gasteiger partial charge in [-0.3, -0.25) is 9.59 Å². The maximum atomic E-state index is 13.6. The van der Waals surface area contributed by atoms with Gasteiger partial charge in [-0.05, 0) is 13.0 Å². The number of benzene rings is 2. The molecule has 3 aliphatic rings. The van der Waals surface area contributed by atoms with E-state index in [2.05, 4.69) is 5.16 Å². The molecule has 2 aliphatic carbocycles. The minimum atomic E-state index is -1.85. The zero-order valence-corrected chi connectivity index (χ0v) is 20.6. The van der Waals surface area contributed by atoms with Gasteiger partial charge in [-0.2, -0.15) is 0 Å². The first-order valence-corrected chi connectivity index (χ1v) is 12.0. The van der Waals surface area contributed by atoms with Gasteiger partial charge in [0, 0.05) is 42.0 Å². The van der Waals surface area contributed by atoms with E-state index in [4.69, 9.17) is 25.2 Å². The first kappa shape index (κ1) is 26.1. The Balaban J connectivity index is 1.68. The lowest BCUT2D eigenvalue weighted by Crippen LogP contribution is -2.52. The number of hydrogen-bond acceptors (Lipinski definition) is 12. The number of oxime groups is 1. The monoisotopic (exact) mass is 528 g/mol. The number of methoxy groups -OCH3 is 1. The van der Waals surface area contributed by atoms with Crippen LogP contribution in [-0.2, 0) is 15.9 Å². The van der Waals surface area contributed by atoms with E-state index < -0.39 is 70.4 Å². The van der Waals surface area contributed by atoms with E-state index in [-0.39, 0.29) is 47.3 Å². The number of aliphatic hydroxyl groups excluding tert-OH is 1. The molecular formula is C26H28N2O10. The minimum absolute atomic E-state index is 0.00979. The molecule has 6 atom stereocenters. The van der Waals surface area contributed by atoms with Gasteiger partial charge in [-0.1, -0.05) is 17.3 Å². The largest absolute Gasteiger partial charge is 0.507 e. The van der Waals surface area contributed by atoms with Crippen LogP contribution in [0.25, 0.3) is 0 Å². The molecule has 12 heteroatoms. The van der Waals surface area contributed by atoms with Crippen LogP contribution in [0.3, 0.4) is 0 Å². The van der Waals surface area contributed by atoms with Gasteiger partial charge in [0.2, 0.25) is 5.78 Å². The number of phenolic OH excluding ortho intramolecular Hbond substituents is 2. The Bertz CT molecular complexity index is 1350. The molecule has 1 aliphatic heterocycles. The van der Waals surface area contributed by atoms with Crippen molar-refractivity contribution < 1.29 is 49.4 Å². The van der Waals surface area contributed by atoms with Crippen LogP contribution < -0.4 is 10.5 Å². The lowest BCUT2D eigenvalue weighted by atomic mass is 9.73. The van der Waals surface area contributed by atoms with Crippen molar-refractivity contribution in [2.75, 3.05) is 7.11 Å². The van der Waals surface area contributed by atoms with E-state index in [9.17, 15) is 30.0 Å². The van der Waals surface area contributed by atoms with Crippen molar-refractivity contribution in [3.63, 3.8) is 0 Å². The molecule has 2 aromatic carbocycles. The first-order valence-electron chi connectivity index (χ1n) is 12.0. The van der Waals surface area contributed by atoms with Gasteiger partial charge in [0.25, 0.3) is 0 Å². The number of fused-ring (bicyclic) bond motifs is 3. The number of ketones is 2. The van der Waals surface area contributed by atoms with E-state index in [1.807, 2.05) is 0 Å². The van der Waals surface area contributed by atoms with E-state index >= 15 is 0 Å². The van der Waals surface area contributed by atoms with Crippen molar-refractivity contribution in [3.05, 3.63) is 51.6 Å². The van der Waals surface area contributed by atoms with Gasteiger partial charge in [-0.25, -0.2) is 0 Å². The highest BCUT2D eigenvalue weighted by Gasteiger charge is 2.47. The molecule has 0 saturated carbocycles. The third-order valence-electron chi connectivity index (χ3n) is 7.47. The molecule has 0 aromatic heterocycles. The Hall–Kier alpha value is -3.55. The third-order valence-corrected chi connectivity index (χ3v) is 7.47. The normalized spacial score (nSPS) is 30.6. The highest BCUT2D eigenvalue weighted by Crippen LogP contribution is 2.52. The summed E-state index contributed by atoms with van der Waals surface area (Å²) in [5, 5.41) is 56.2. The molecule has 12 nitrogen and oxygen atoms in total. The molecule has 1 fully saturated rings. The average Bonchev–Trinajstić information content (AvgIpc) is 2.87. The van der Waals surface area contributed by atoms with Crippen molar-refractivity contribution in [1.82, 2.24) is 0 Å². The standard InChI is InChI=1S/C26H28N2O10/c1-10-21(29)13(27)6-16(37-10)38-15-8-26(34,9-28-35)7-12-18(15)25(33)20-19(23(12)31)22(30)11-4-3-5-14(36-2)17(11)24(20)32/h3-5,9-10,13,15-16,21,29,31,33-35H,6-8,27H2,1-2H3/b28-9+. The molecule has 0 bridgehead atoms. The van der Waals surface area contributed by atoms with Crippen molar-refractivity contribution in [2.45, 2.75) is 62.4 Å². The van der Waals surface area contributed by atoms with Gasteiger partial charge in [0.15, 0.2) is 12.1 Å². The topological polar surface area (TPSA) is 201 Å². The van der Waals surface area contributed by atoms with Crippen molar-refractivity contribution in [2.24, 2.45) is 10.9 Å². The predicted octanol–water partition coefficient (Wildman–Crippen LogP) is 0.900. The zero-order chi connectivity index (χ0) is 27.5. The Morgan fingerprint density at radius 3 is 2.53 bits per heavy atom. The SMILES string of the molecule is COc1cccc2c1C(=O)c1c(O)c3c(c(O)c1C2=O)CC(O)(/C=N/O)CC3OC1CC(N)C(O)C(C)O1. The second-order valence-corrected chi connectivity index (χ2v) is 9.90. The van der Waals surface area contributed by atoms with Gasteiger partial charge in [0.1, 0.15) is 22.8 Å². The second kappa shape index (κ2) is 9.33. The number of nitrogens with two attached hydrogens (primary N) is 1. The highest BCUT2D eigenvalue weighted by atomic mass is 16.7. The molecule has 202 valence electrons. The summed E-state index contributed by atoms with van der Waals surface area (Å²) in [6, 6.07) is 3.76. The maximum Gasteiger partial charge on any atom is 0.202 e. The molecule has 38 heavy (non-hydrogen) atoms. The lowest BCUT2D eigenvalue weighted by molar-refractivity contribution is -0.245. The molecule has 7 N–H and O–H groups in total. The van der Waals surface area contributed by atoms with Crippen LogP contribution in [0.4, 0.5) is 0 Å². The fraction of sp³-hybridized carbons (Fsp3) is 0.423. The summed E-state index contributed by atoms with van der Waals surface area (Å²) >= 11 is 0. The molecule has 1 heterocycles. The number of aromatic hydroxyl groups is 2. The van der Waals surface area contributed by atoms with E-state index in [0.29, 0.717) is 0 Å². The van der Waals surface area contributed by atoms with Crippen molar-refractivity contribution >= 4 is 17.8 Å². The quantitative estimate of drug-likeness (QED) is 0.122. The van der Waals surface area contributed by atoms with Gasteiger partial charge >= 0.3 is 0 Å². The molecule has 1 saturated heterocycles. The summed E-state index contributed by atoms with van der Waals surface area (Å²) in [6.45, 7) is 1.61. The summed E-state index contributed by atoms with van der Waals surface area (Å²) in [4.78, 5) is 27.1. The third kappa shape index (κ3) is 3.92. The van der Waals surface area contributed by atoms with Crippen LogP contribution in [0, 0.1) is 0 Å². The van der Waals surface area contributed by atoms with Gasteiger partial charge in [0.05, 0.1) is 48.3 Å². The van der Waals surface area contributed by atoms with Crippen LogP contribution in [0.1, 0.15) is 68.8 Å². The van der Waals surface area contributed by atoms with Crippen LogP contribution in [0.2, 0.25) is 0 Å². The molecular weight excluding hydrogens is 500 g/mol. The van der Waals surface area contributed by atoms with E-state index in [1.165, 1.54) is 25.3 Å². The zero-order valence-electron chi connectivity index (χ0n) is 20.6. The number of rotatable bonds is 4. The summed E-state index contributed by atoms with van der Waals surface area (Å²) in [7, 11) is 1.34. The Morgan fingerprint density at radius 1 is 1.16 bits per heavy atom. The average molecular weight is 529 g/mol. The number of nitrogens with zero attached hydrogens (tertiary/aromatic N) is 1. The Kier molecular flexibility index (Phi) is 6.40. The van der Waals surface area contributed by atoms with Crippen molar-refractivity contribution in [1.29, 1.82) is 0 Å². The molecule has 6 unspecified atom stereocenters. The lowest BCUT2D eigenvalue weighted by Gasteiger charge is -2.41. The van der Waals surface area contributed by atoms with E-state index in [1.54, 1.807) is 6.92 Å². The Labute approximate surface area is 216 Å². The van der Waals surface area contributed by atoms with Gasteiger partial charge in [-0.15, -0.1) is 0 Å². The van der Waals surface area contributed by atoms with Crippen LogP contribution in [0.15, 0.2) is 23.4 Å². The molecule has 0 spiro atoms. The number of aliphatic hydroxyl groups is 2. The predicted molar refractivity (Wildman–Crippen MR) is 130 cm³/mol. The fourth-order valence-electron chi connectivity index (χ4n) is 5.62. The van der Waals surface area contributed by atoms with E-state index in [0.717, 1.165) is 6.21 Å². The first-order chi connectivity index (χ1) is 18.0. The maximum absolute atomic E-state index is 13.6. The molecule has 2 aromatic rings. The second-order valence-electron chi connectivity index (χ2n) is 9.90. The van der Waals surface area contributed by atoms with Crippen molar-refractivity contribution in [3.8, 4) is 17.2 Å².